The molecule has 1 fully saturated rings. The van der Waals surface area contributed by atoms with Crippen LogP contribution >= 0.6 is 0 Å². The number of aliphatic hydroxyl groups excluding tert-OH is 2. The van der Waals surface area contributed by atoms with Gasteiger partial charge >= 0.3 is 0 Å². The molecule has 1 aliphatic carbocycles. The van der Waals surface area contributed by atoms with E-state index in [4.69, 9.17) is 14.9 Å². The maximum atomic E-state index is 9.00. The van der Waals surface area contributed by atoms with Crippen molar-refractivity contribution in [2.24, 2.45) is 0 Å². The quantitative estimate of drug-likeness (QED) is 0.702. The molecule has 1 aromatic carbocycles. The number of benzene rings is 1. The standard InChI is InChI=1S/C14H21NO3/c1-18-14-4-2-10(3-5-14)11-6-12(7-11)15-13(8-16)9-17/h2-5,11-13,15-17H,6-9H2,1H3. The predicted molar refractivity (Wildman–Crippen MR) is 69.9 cm³/mol. The molecular formula is C14H21NO3. The second-order valence-corrected chi connectivity index (χ2v) is 4.87. The highest BCUT2D eigenvalue weighted by molar-refractivity contribution is 5.30. The van der Waals surface area contributed by atoms with Crippen molar-refractivity contribution in [1.82, 2.24) is 5.32 Å². The first-order valence-corrected chi connectivity index (χ1v) is 6.38. The molecule has 0 heterocycles. The van der Waals surface area contributed by atoms with Crippen LogP contribution < -0.4 is 10.1 Å². The zero-order chi connectivity index (χ0) is 13.0. The predicted octanol–water partition coefficient (Wildman–Crippen LogP) is 0.884. The third kappa shape index (κ3) is 3.02. The van der Waals surface area contributed by atoms with Crippen LogP contribution in [-0.4, -0.2) is 42.6 Å². The van der Waals surface area contributed by atoms with E-state index in [1.807, 2.05) is 12.1 Å². The molecule has 0 amide bonds. The monoisotopic (exact) mass is 251 g/mol. The first-order chi connectivity index (χ1) is 8.76. The Morgan fingerprint density at radius 3 is 2.33 bits per heavy atom. The molecule has 0 unspecified atom stereocenters. The highest BCUT2D eigenvalue weighted by atomic mass is 16.5. The smallest absolute Gasteiger partial charge is 0.118 e. The van der Waals surface area contributed by atoms with Gasteiger partial charge in [-0.2, -0.15) is 0 Å². The van der Waals surface area contributed by atoms with E-state index in [2.05, 4.69) is 17.4 Å². The first kappa shape index (κ1) is 13.3. The summed E-state index contributed by atoms with van der Waals surface area (Å²) in [5, 5.41) is 21.2. The molecule has 0 radical (unpaired) electrons. The lowest BCUT2D eigenvalue weighted by Crippen LogP contribution is -2.48. The van der Waals surface area contributed by atoms with Crippen LogP contribution in [0.15, 0.2) is 24.3 Å². The van der Waals surface area contributed by atoms with Crippen LogP contribution in [-0.2, 0) is 0 Å². The average Bonchev–Trinajstić information content (AvgIpc) is 2.38. The second kappa shape index (κ2) is 6.18. The molecule has 100 valence electrons. The second-order valence-electron chi connectivity index (χ2n) is 4.87. The minimum absolute atomic E-state index is 0.0137. The topological polar surface area (TPSA) is 61.7 Å². The Labute approximate surface area is 108 Å². The SMILES string of the molecule is COc1ccc(C2CC(NC(CO)CO)C2)cc1. The third-order valence-corrected chi connectivity index (χ3v) is 3.64. The van der Waals surface area contributed by atoms with Crippen molar-refractivity contribution in [3.05, 3.63) is 29.8 Å². The van der Waals surface area contributed by atoms with Crippen molar-refractivity contribution in [3.63, 3.8) is 0 Å². The van der Waals surface area contributed by atoms with Crippen molar-refractivity contribution in [1.29, 1.82) is 0 Å². The lowest BCUT2D eigenvalue weighted by Gasteiger charge is -2.38. The van der Waals surface area contributed by atoms with Crippen LogP contribution in [0, 0.1) is 0 Å². The van der Waals surface area contributed by atoms with Gasteiger partial charge in [-0.3, -0.25) is 0 Å². The highest BCUT2D eigenvalue weighted by Crippen LogP contribution is 2.37. The first-order valence-electron chi connectivity index (χ1n) is 6.38. The minimum atomic E-state index is -0.188. The van der Waals surface area contributed by atoms with Crippen LogP contribution in [0.2, 0.25) is 0 Å². The lowest BCUT2D eigenvalue weighted by atomic mass is 9.75. The molecule has 4 nitrogen and oxygen atoms in total. The third-order valence-electron chi connectivity index (χ3n) is 3.64. The molecule has 0 aromatic heterocycles. The molecule has 3 N–H and O–H groups in total. The molecule has 1 aromatic rings. The zero-order valence-electron chi connectivity index (χ0n) is 10.7. The fourth-order valence-electron chi connectivity index (χ4n) is 2.40. The van der Waals surface area contributed by atoms with Gasteiger partial charge in [-0.1, -0.05) is 12.1 Å². The van der Waals surface area contributed by atoms with E-state index in [-0.39, 0.29) is 19.3 Å². The maximum Gasteiger partial charge on any atom is 0.118 e. The summed E-state index contributed by atoms with van der Waals surface area (Å²) in [4.78, 5) is 0. The molecule has 2 rings (SSSR count). The van der Waals surface area contributed by atoms with Crippen LogP contribution in [0.3, 0.4) is 0 Å². The Morgan fingerprint density at radius 2 is 1.83 bits per heavy atom. The zero-order valence-corrected chi connectivity index (χ0v) is 10.7. The number of hydrogen-bond acceptors (Lipinski definition) is 4. The Morgan fingerprint density at radius 1 is 1.22 bits per heavy atom. The van der Waals surface area contributed by atoms with Gasteiger partial charge in [0.1, 0.15) is 5.75 Å². The molecule has 0 saturated heterocycles. The fraction of sp³-hybridized carbons (Fsp3) is 0.571. The van der Waals surface area contributed by atoms with Gasteiger partial charge in [0.05, 0.1) is 26.4 Å². The minimum Gasteiger partial charge on any atom is -0.497 e. The maximum absolute atomic E-state index is 9.00. The number of ether oxygens (including phenoxy) is 1. The van der Waals surface area contributed by atoms with E-state index in [9.17, 15) is 0 Å². The van der Waals surface area contributed by atoms with Gasteiger partial charge in [0, 0.05) is 6.04 Å². The van der Waals surface area contributed by atoms with E-state index in [1.165, 1.54) is 5.56 Å². The van der Waals surface area contributed by atoms with Gasteiger partial charge in [0.15, 0.2) is 0 Å². The molecule has 4 heteroatoms. The van der Waals surface area contributed by atoms with Gasteiger partial charge in [-0.15, -0.1) is 0 Å². The number of aliphatic hydroxyl groups is 2. The van der Waals surface area contributed by atoms with Crippen molar-refractivity contribution in [2.45, 2.75) is 30.8 Å². The van der Waals surface area contributed by atoms with Gasteiger partial charge < -0.3 is 20.3 Å². The summed E-state index contributed by atoms with van der Waals surface area (Å²) in [6, 6.07) is 8.40. The van der Waals surface area contributed by atoms with Crippen LogP contribution in [0.25, 0.3) is 0 Å². The van der Waals surface area contributed by atoms with Gasteiger partial charge in [-0.05, 0) is 36.5 Å². The van der Waals surface area contributed by atoms with E-state index in [1.54, 1.807) is 7.11 Å². The molecule has 18 heavy (non-hydrogen) atoms. The summed E-state index contributed by atoms with van der Waals surface area (Å²) >= 11 is 0. The fourth-order valence-corrected chi connectivity index (χ4v) is 2.40. The highest BCUT2D eigenvalue weighted by Gasteiger charge is 2.31. The van der Waals surface area contributed by atoms with Gasteiger partial charge in [0.25, 0.3) is 0 Å². The Bertz CT molecular complexity index is 356. The summed E-state index contributed by atoms with van der Waals surface area (Å²) in [5.41, 5.74) is 1.33. The molecule has 1 saturated carbocycles. The van der Waals surface area contributed by atoms with Crippen LogP contribution in [0.1, 0.15) is 24.3 Å². The number of rotatable bonds is 6. The lowest BCUT2D eigenvalue weighted by molar-refractivity contribution is 0.142. The number of nitrogens with one attached hydrogen (secondary N) is 1. The Hall–Kier alpha value is -1.10. The normalized spacial score (nSPS) is 22.9. The summed E-state index contributed by atoms with van der Waals surface area (Å²) in [6.45, 7) is -0.0274. The van der Waals surface area contributed by atoms with Crippen molar-refractivity contribution < 1.29 is 14.9 Å². The Balaban J connectivity index is 1.81. The van der Waals surface area contributed by atoms with E-state index < -0.39 is 0 Å². The van der Waals surface area contributed by atoms with E-state index in [0.29, 0.717) is 12.0 Å². The molecule has 0 atom stereocenters. The average molecular weight is 251 g/mol. The number of methoxy groups -OCH3 is 1. The summed E-state index contributed by atoms with van der Waals surface area (Å²) in [7, 11) is 1.67. The number of hydrogen-bond donors (Lipinski definition) is 3. The van der Waals surface area contributed by atoms with E-state index >= 15 is 0 Å². The molecule has 1 aliphatic rings. The van der Waals surface area contributed by atoms with Gasteiger partial charge in [-0.25, -0.2) is 0 Å². The van der Waals surface area contributed by atoms with Crippen molar-refractivity contribution in [2.75, 3.05) is 20.3 Å². The van der Waals surface area contributed by atoms with Crippen LogP contribution in [0.5, 0.6) is 5.75 Å². The van der Waals surface area contributed by atoms with Crippen LogP contribution in [0.4, 0.5) is 0 Å². The molecule has 0 bridgehead atoms. The van der Waals surface area contributed by atoms with Crippen molar-refractivity contribution >= 4 is 0 Å². The summed E-state index contributed by atoms with van der Waals surface area (Å²) < 4.78 is 5.14. The Kier molecular flexibility index (Phi) is 4.58. The molecule has 0 aliphatic heterocycles. The van der Waals surface area contributed by atoms with Gasteiger partial charge in [0.2, 0.25) is 0 Å². The van der Waals surface area contributed by atoms with Crippen molar-refractivity contribution in [3.8, 4) is 5.75 Å². The summed E-state index contributed by atoms with van der Waals surface area (Å²) in [5.74, 6) is 1.46. The molecular weight excluding hydrogens is 230 g/mol. The molecule has 0 spiro atoms. The summed E-state index contributed by atoms with van der Waals surface area (Å²) in [6.07, 6.45) is 2.12. The largest absolute Gasteiger partial charge is 0.497 e. The van der Waals surface area contributed by atoms with E-state index in [0.717, 1.165) is 18.6 Å².